The summed E-state index contributed by atoms with van der Waals surface area (Å²) in [4.78, 5) is 14.6. The van der Waals surface area contributed by atoms with E-state index in [1.54, 1.807) is 0 Å². The van der Waals surface area contributed by atoms with Crippen molar-refractivity contribution in [3.05, 3.63) is 41.2 Å². The van der Waals surface area contributed by atoms with Crippen molar-refractivity contribution in [2.24, 2.45) is 5.73 Å². The predicted molar refractivity (Wildman–Crippen MR) is 110 cm³/mol. The van der Waals surface area contributed by atoms with Crippen molar-refractivity contribution in [2.75, 3.05) is 31.2 Å². The van der Waals surface area contributed by atoms with E-state index >= 15 is 0 Å². The Hall–Kier alpha value is -2.27. The van der Waals surface area contributed by atoms with Crippen LogP contribution in [0.25, 0.3) is 11.1 Å². The number of benzene rings is 1. The first-order valence-electron chi connectivity index (χ1n) is 9.97. The molecule has 2 aromatic rings. The lowest BCUT2D eigenvalue weighted by molar-refractivity contribution is 0.1000. The SMILES string of the molecule is CCOCCCn1c(C)c(C(N)=O)c(-c2ccc(N3CCCC3)cc2)c1C. The lowest BCUT2D eigenvalue weighted by Crippen LogP contribution is -2.17. The molecule has 0 bridgehead atoms. The van der Waals surface area contributed by atoms with Crippen LogP contribution in [-0.4, -0.2) is 36.8 Å². The molecular weight excluding hydrogens is 338 g/mol. The number of carbonyl (C=O) groups is 1. The molecule has 5 heteroatoms. The summed E-state index contributed by atoms with van der Waals surface area (Å²) < 4.78 is 7.65. The van der Waals surface area contributed by atoms with Gasteiger partial charge < -0.3 is 19.9 Å². The molecule has 1 amide bonds. The maximum Gasteiger partial charge on any atom is 0.251 e. The van der Waals surface area contributed by atoms with Crippen molar-refractivity contribution >= 4 is 11.6 Å². The van der Waals surface area contributed by atoms with Crippen LogP contribution in [0.2, 0.25) is 0 Å². The first kappa shape index (κ1) is 19.5. The van der Waals surface area contributed by atoms with Crippen LogP contribution in [-0.2, 0) is 11.3 Å². The smallest absolute Gasteiger partial charge is 0.251 e. The van der Waals surface area contributed by atoms with Crippen LogP contribution in [0.5, 0.6) is 0 Å². The molecule has 0 aliphatic carbocycles. The summed E-state index contributed by atoms with van der Waals surface area (Å²) in [6.45, 7) is 10.6. The molecule has 2 heterocycles. The molecule has 1 saturated heterocycles. The highest BCUT2D eigenvalue weighted by Gasteiger charge is 2.22. The van der Waals surface area contributed by atoms with Gasteiger partial charge in [0.2, 0.25) is 0 Å². The highest BCUT2D eigenvalue weighted by atomic mass is 16.5. The first-order valence-corrected chi connectivity index (χ1v) is 9.97. The van der Waals surface area contributed by atoms with Gasteiger partial charge in [0, 0.05) is 55.5 Å². The van der Waals surface area contributed by atoms with Crippen molar-refractivity contribution in [1.29, 1.82) is 0 Å². The maximum atomic E-state index is 12.2. The molecule has 0 radical (unpaired) electrons. The highest BCUT2D eigenvalue weighted by Crippen LogP contribution is 2.34. The molecule has 0 atom stereocenters. The third-order valence-corrected chi connectivity index (χ3v) is 5.53. The minimum Gasteiger partial charge on any atom is -0.382 e. The Morgan fingerprint density at radius 3 is 2.37 bits per heavy atom. The fourth-order valence-electron chi connectivity index (χ4n) is 4.16. The second-order valence-corrected chi connectivity index (χ2v) is 7.23. The van der Waals surface area contributed by atoms with Crippen LogP contribution in [0.3, 0.4) is 0 Å². The van der Waals surface area contributed by atoms with Gasteiger partial charge in [0.25, 0.3) is 5.91 Å². The summed E-state index contributed by atoms with van der Waals surface area (Å²) in [7, 11) is 0. The Bertz CT molecular complexity index is 787. The fourth-order valence-corrected chi connectivity index (χ4v) is 4.16. The van der Waals surface area contributed by atoms with Gasteiger partial charge in [-0.1, -0.05) is 12.1 Å². The van der Waals surface area contributed by atoms with Crippen LogP contribution < -0.4 is 10.6 Å². The number of hydrogen-bond donors (Lipinski definition) is 1. The lowest BCUT2D eigenvalue weighted by atomic mass is 9.99. The van der Waals surface area contributed by atoms with Crippen molar-refractivity contribution in [3.63, 3.8) is 0 Å². The number of hydrogen-bond acceptors (Lipinski definition) is 3. The van der Waals surface area contributed by atoms with Gasteiger partial charge in [-0.25, -0.2) is 0 Å². The molecule has 1 aromatic carbocycles. The number of amides is 1. The van der Waals surface area contributed by atoms with E-state index in [0.717, 1.165) is 61.8 Å². The second kappa shape index (κ2) is 8.61. The number of carbonyl (C=O) groups excluding carboxylic acids is 1. The van der Waals surface area contributed by atoms with E-state index in [1.165, 1.54) is 18.5 Å². The third-order valence-electron chi connectivity index (χ3n) is 5.53. The number of primary amides is 1. The number of nitrogens with two attached hydrogens (primary N) is 1. The molecule has 1 aliphatic rings. The van der Waals surface area contributed by atoms with Crippen molar-refractivity contribution in [3.8, 4) is 11.1 Å². The molecule has 0 unspecified atom stereocenters. The Morgan fingerprint density at radius 1 is 1.11 bits per heavy atom. The molecule has 27 heavy (non-hydrogen) atoms. The Morgan fingerprint density at radius 2 is 1.78 bits per heavy atom. The second-order valence-electron chi connectivity index (χ2n) is 7.23. The molecule has 146 valence electrons. The summed E-state index contributed by atoms with van der Waals surface area (Å²) in [6, 6.07) is 8.55. The number of ether oxygens (including phenoxy) is 1. The third kappa shape index (κ3) is 4.03. The highest BCUT2D eigenvalue weighted by molar-refractivity contribution is 6.02. The molecule has 1 fully saturated rings. The molecule has 5 nitrogen and oxygen atoms in total. The predicted octanol–water partition coefficient (Wildman–Crippen LogP) is 3.90. The first-order chi connectivity index (χ1) is 13.0. The number of rotatable bonds is 8. The Kier molecular flexibility index (Phi) is 6.22. The quantitative estimate of drug-likeness (QED) is 0.718. The molecule has 0 saturated carbocycles. The maximum absolute atomic E-state index is 12.2. The van der Waals surface area contributed by atoms with E-state index in [0.29, 0.717) is 5.56 Å². The van der Waals surface area contributed by atoms with E-state index in [2.05, 4.69) is 40.7 Å². The summed E-state index contributed by atoms with van der Waals surface area (Å²) >= 11 is 0. The minimum atomic E-state index is -0.363. The molecule has 1 aromatic heterocycles. The minimum absolute atomic E-state index is 0.363. The van der Waals surface area contributed by atoms with Crippen molar-refractivity contribution in [2.45, 2.75) is 46.6 Å². The Balaban J connectivity index is 1.92. The summed E-state index contributed by atoms with van der Waals surface area (Å²) in [5.41, 5.74) is 11.7. The average Bonchev–Trinajstić information content (AvgIpc) is 3.27. The fraction of sp³-hybridized carbons (Fsp3) is 0.500. The molecule has 0 spiro atoms. The summed E-state index contributed by atoms with van der Waals surface area (Å²) in [5, 5.41) is 0. The van der Waals surface area contributed by atoms with Crippen LogP contribution >= 0.6 is 0 Å². The molecule has 2 N–H and O–H groups in total. The van der Waals surface area contributed by atoms with E-state index in [4.69, 9.17) is 10.5 Å². The standard InChI is InChI=1S/C22H31N3O2/c1-4-27-15-7-14-25-16(2)20(21(17(25)3)22(23)26)18-8-10-19(11-9-18)24-12-5-6-13-24/h8-11H,4-7,12-15H2,1-3H3,(H2,23,26). The van der Waals surface area contributed by atoms with Crippen molar-refractivity contribution in [1.82, 2.24) is 4.57 Å². The lowest BCUT2D eigenvalue weighted by Gasteiger charge is -2.18. The largest absolute Gasteiger partial charge is 0.382 e. The number of aromatic nitrogens is 1. The van der Waals surface area contributed by atoms with Crippen LogP contribution in [0.1, 0.15) is 47.9 Å². The van der Waals surface area contributed by atoms with Crippen LogP contribution in [0.4, 0.5) is 5.69 Å². The van der Waals surface area contributed by atoms with Gasteiger partial charge in [-0.05, 0) is 57.7 Å². The van der Waals surface area contributed by atoms with Gasteiger partial charge >= 0.3 is 0 Å². The van der Waals surface area contributed by atoms with E-state index in [1.807, 2.05) is 13.8 Å². The summed E-state index contributed by atoms with van der Waals surface area (Å²) in [5.74, 6) is -0.363. The molecule has 3 rings (SSSR count). The van der Waals surface area contributed by atoms with E-state index < -0.39 is 0 Å². The normalized spacial score (nSPS) is 14.1. The van der Waals surface area contributed by atoms with Gasteiger partial charge in [-0.2, -0.15) is 0 Å². The van der Waals surface area contributed by atoms with Crippen LogP contribution in [0.15, 0.2) is 24.3 Å². The van der Waals surface area contributed by atoms with Gasteiger partial charge in [0.05, 0.1) is 5.56 Å². The monoisotopic (exact) mass is 369 g/mol. The average molecular weight is 370 g/mol. The van der Waals surface area contributed by atoms with Gasteiger partial charge in [0.15, 0.2) is 0 Å². The number of anilines is 1. The summed E-state index contributed by atoms with van der Waals surface area (Å²) in [6.07, 6.45) is 3.43. The Labute approximate surface area is 162 Å². The zero-order valence-electron chi connectivity index (χ0n) is 16.8. The topological polar surface area (TPSA) is 60.5 Å². The zero-order valence-corrected chi connectivity index (χ0v) is 16.8. The van der Waals surface area contributed by atoms with Gasteiger partial charge in [0.1, 0.15) is 0 Å². The van der Waals surface area contributed by atoms with Gasteiger partial charge in [-0.15, -0.1) is 0 Å². The zero-order chi connectivity index (χ0) is 19.4. The molecule has 1 aliphatic heterocycles. The van der Waals surface area contributed by atoms with E-state index in [9.17, 15) is 4.79 Å². The molecular formula is C22H31N3O2. The van der Waals surface area contributed by atoms with Gasteiger partial charge in [-0.3, -0.25) is 4.79 Å². The van der Waals surface area contributed by atoms with Crippen LogP contribution in [0, 0.1) is 13.8 Å². The van der Waals surface area contributed by atoms with Crippen molar-refractivity contribution < 1.29 is 9.53 Å². The number of nitrogens with zero attached hydrogens (tertiary/aromatic N) is 2. The van der Waals surface area contributed by atoms with E-state index in [-0.39, 0.29) is 5.91 Å².